The second-order valence-electron chi connectivity index (χ2n) is 3.86. The summed E-state index contributed by atoms with van der Waals surface area (Å²) in [4.78, 5) is 29.9. The Kier molecular flexibility index (Phi) is 4.18. The number of hydrogen-bond acceptors (Lipinski definition) is 5. The van der Waals surface area contributed by atoms with Gasteiger partial charge in [0.05, 0.1) is 12.0 Å². The molecule has 2 aromatic heterocycles. The average molecular weight is 302 g/mol. The molecule has 0 saturated heterocycles. The minimum Gasteiger partial charge on any atom is -0.477 e. The molecular weight excluding hydrogens is 292 g/mol. The number of aromatic nitrogens is 3. The molecule has 7 nitrogen and oxygen atoms in total. The van der Waals surface area contributed by atoms with Crippen LogP contribution in [-0.2, 0) is 11.3 Å². The Labute approximate surface area is 122 Å². The molecule has 0 unspecified atom stereocenters. The summed E-state index contributed by atoms with van der Waals surface area (Å²) in [5.41, 5.74) is 2.55. The molecule has 0 fully saturated rings. The van der Waals surface area contributed by atoms with E-state index in [-0.39, 0.29) is 21.3 Å². The van der Waals surface area contributed by atoms with Crippen LogP contribution >= 0.6 is 11.3 Å². The Bertz CT molecular complexity index is 922. The third-order valence-corrected chi connectivity index (χ3v) is 3.72. The maximum atomic E-state index is 12.2. The molecule has 106 valence electrons. The summed E-state index contributed by atoms with van der Waals surface area (Å²) in [6.45, 7) is 1.98. The van der Waals surface area contributed by atoms with Crippen LogP contribution in [0, 0.1) is 11.3 Å². The molecule has 8 heteroatoms. The molecular formula is C13H10N4O3S. The molecule has 0 aliphatic rings. The first kappa shape index (κ1) is 14.5. The van der Waals surface area contributed by atoms with Crippen LogP contribution in [0.15, 0.2) is 17.3 Å². The number of aliphatic carboxylic acids is 1. The number of imidazole rings is 1. The van der Waals surface area contributed by atoms with E-state index < -0.39 is 11.5 Å². The molecule has 0 spiro atoms. The van der Waals surface area contributed by atoms with Crippen LogP contribution in [0.1, 0.15) is 12.6 Å². The predicted molar refractivity (Wildman–Crippen MR) is 76.6 cm³/mol. The lowest BCUT2D eigenvalue weighted by Crippen LogP contribution is -2.31. The van der Waals surface area contributed by atoms with Crippen molar-refractivity contribution in [2.45, 2.75) is 13.5 Å². The Hall–Kier alpha value is -2.88. The van der Waals surface area contributed by atoms with E-state index in [1.807, 2.05) is 0 Å². The number of nitrogens with zero attached hydrogens (tertiary/aromatic N) is 3. The van der Waals surface area contributed by atoms with Gasteiger partial charge in [0, 0.05) is 18.8 Å². The highest BCUT2D eigenvalue weighted by atomic mass is 32.1. The number of carbonyl (C=O) groups is 1. The number of nitrogens with one attached hydrogen (secondary N) is 1. The highest BCUT2D eigenvalue weighted by molar-refractivity contribution is 7.07. The molecule has 0 amide bonds. The number of thiazole rings is 1. The van der Waals surface area contributed by atoms with E-state index in [4.69, 9.17) is 10.4 Å². The van der Waals surface area contributed by atoms with Crippen molar-refractivity contribution >= 4 is 34.7 Å². The third kappa shape index (κ3) is 2.84. The van der Waals surface area contributed by atoms with Crippen LogP contribution in [0.3, 0.4) is 0 Å². The number of hydrogen-bond donors (Lipinski definition) is 2. The van der Waals surface area contributed by atoms with Gasteiger partial charge in [-0.15, -0.1) is 11.3 Å². The molecule has 2 rings (SSSR count). The van der Waals surface area contributed by atoms with Gasteiger partial charge in [-0.2, -0.15) is 5.26 Å². The lowest BCUT2D eigenvalue weighted by Gasteiger charge is -1.95. The smallest absolute Gasteiger partial charge is 0.349 e. The largest absolute Gasteiger partial charge is 0.477 e. The minimum atomic E-state index is -1.36. The van der Waals surface area contributed by atoms with Crippen molar-refractivity contribution in [3.63, 3.8) is 0 Å². The summed E-state index contributed by atoms with van der Waals surface area (Å²) in [6.07, 6.45) is 4.63. The van der Waals surface area contributed by atoms with Crippen molar-refractivity contribution in [1.82, 2.24) is 14.5 Å². The van der Waals surface area contributed by atoms with E-state index in [0.29, 0.717) is 5.69 Å². The van der Waals surface area contributed by atoms with Gasteiger partial charge in [-0.1, -0.05) is 5.73 Å². The average Bonchev–Trinajstić information content (AvgIpc) is 3.05. The number of rotatable bonds is 3. The molecule has 2 aromatic rings. The van der Waals surface area contributed by atoms with Gasteiger partial charge < -0.3 is 10.1 Å². The molecule has 0 aliphatic heterocycles. The highest BCUT2D eigenvalue weighted by Crippen LogP contribution is 1.93. The van der Waals surface area contributed by atoms with Gasteiger partial charge in [-0.3, -0.25) is 9.36 Å². The Balaban J connectivity index is 2.83. The molecule has 0 aliphatic carbocycles. The first-order valence-corrected chi connectivity index (χ1v) is 6.73. The van der Waals surface area contributed by atoms with E-state index in [0.717, 1.165) is 11.3 Å². The van der Waals surface area contributed by atoms with Gasteiger partial charge in [0.25, 0.3) is 5.56 Å². The standard InChI is InChI=1S/C13H10N4O3S/c1-2-17-11(18)10(4-3-8-6-15-7-16-8)21-12(17)9(5-14)13(19)20/h3,6-7H,2H2,1H3,(H,15,16)(H,19,20)/b12-9-. The topological polar surface area (TPSA) is 112 Å². The lowest BCUT2D eigenvalue weighted by atomic mass is 10.3. The molecule has 0 radical (unpaired) electrons. The van der Waals surface area contributed by atoms with E-state index in [1.165, 1.54) is 17.0 Å². The SMILES string of the molecule is CCn1c(=O)c(=C=Cc2c[nH]cn2)s/c1=C(/C#N)C(=O)O. The number of H-pyrrole nitrogens is 1. The fourth-order valence-corrected chi connectivity index (χ4v) is 2.72. The summed E-state index contributed by atoms with van der Waals surface area (Å²) in [5.74, 6) is -1.36. The third-order valence-electron chi connectivity index (χ3n) is 2.61. The number of aromatic amines is 1. The van der Waals surface area contributed by atoms with Crippen LogP contribution in [-0.4, -0.2) is 25.6 Å². The van der Waals surface area contributed by atoms with Gasteiger partial charge >= 0.3 is 5.97 Å². The van der Waals surface area contributed by atoms with Gasteiger partial charge in [0.15, 0.2) is 5.57 Å². The summed E-state index contributed by atoms with van der Waals surface area (Å²) < 4.78 is 1.59. The number of carboxylic acid groups (broad SMARTS) is 1. The quantitative estimate of drug-likeness (QED) is 0.794. The Morgan fingerprint density at radius 3 is 2.95 bits per heavy atom. The van der Waals surface area contributed by atoms with Crippen molar-refractivity contribution in [3.05, 3.63) is 37.8 Å². The van der Waals surface area contributed by atoms with Crippen LogP contribution in [0.4, 0.5) is 0 Å². The molecule has 21 heavy (non-hydrogen) atoms. The van der Waals surface area contributed by atoms with Crippen molar-refractivity contribution in [3.8, 4) is 6.07 Å². The Morgan fingerprint density at radius 2 is 2.43 bits per heavy atom. The van der Waals surface area contributed by atoms with E-state index >= 15 is 0 Å². The second-order valence-corrected chi connectivity index (χ2v) is 4.86. The summed E-state index contributed by atoms with van der Waals surface area (Å²) in [6, 6.07) is 1.62. The molecule has 0 bridgehead atoms. The van der Waals surface area contributed by atoms with Crippen LogP contribution in [0.25, 0.3) is 17.4 Å². The van der Waals surface area contributed by atoms with Crippen LogP contribution in [0.2, 0.25) is 0 Å². The van der Waals surface area contributed by atoms with Crippen molar-refractivity contribution in [2.75, 3.05) is 0 Å². The monoisotopic (exact) mass is 302 g/mol. The van der Waals surface area contributed by atoms with Gasteiger partial charge in [0.1, 0.15) is 15.3 Å². The Morgan fingerprint density at radius 1 is 1.67 bits per heavy atom. The van der Waals surface area contributed by atoms with E-state index in [1.54, 1.807) is 19.2 Å². The zero-order chi connectivity index (χ0) is 15.4. The zero-order valence-electron chi connectivity index (χ0n) is 11.0. The first-order valence-electron chi connectivity index (χ1n) is 5.91. The molecule has 0 atom stereocenters. The van der Waals surface area contributed by atoms with Crippen molar-refractivity contribution < 1.29 is 9.90 Å². The molecule has 2 heterocycles. The maximum absolute atomic E-state index is 12.2. The molecule has 0 saturated carbocycles. The summed E-state index contributed by atoms with van der Waals surface area (Å²) in [5, 5.41) is 17.9. The number of nitriles is 1. The fourth-order valence-electron chi connectivity index (χ4n) is 1.65. The molecule has 2 N–H and O–H groups in total. The van der Waals surface area contributed by atoms with Crippen molar-refractivity contribution in [1.29, 1.82) is 5.26 Å². The maximum Gasteiger partial charge on any atom is 0.349 e. The van der Waals surface area contributed by atoms with Crippen LogP contribution < -0.4 is 14.8 Å². The van der Waals surface area contributed by atoms with E-state index in [2.05, 4.69) is 15.7 Å². The van der Waals surface area contributed by atoms with E-state index in [9.17, 15) is 9.59 Å². The second kappa shape index (κ2) is 6.05. The van der Waals surface area contributed by atoms with Crippen LogP contribution in [0.5, 0.6) is 0 Å². The van der Waals surface area contributed by atoms with Gasteiger partial charge in [-0.25, -0.2) is 9.78 Å². The predicted octanol–water partition coefficient (Wildman–Crippen LogP) is -0.496. The molecule has 0 aromatic carbocycles. The normalized spacial score (nSPS) is 11.4. The minimum absolute atomic E-state index is 0.121. The fraction of sp³-hybridized carbons (Fsp3) is 0.154. The lowest BCUT2D eigenvalue weighted by molar-refractivity contribution is -0.130. The number of carboxylic acids is 1. The summed E-state index contributed by atoms with van der Waals surface area (Å²) in [7, 11) is 0. The van der Waals surface area contributed by atoms with Crippen molar-refractivity contribution in [2.24, 2.45) is 0 Å². The van der Waals surface area contributed by atoms with Gasteiger partial charge in [0.2, 0.25) is 0 Å². The van der Waals surface area contributed by atoms with Gasteiger partial charge in [-0.05, 0) is 6.92 Å². The first-order chi connectivity index (χ1) is 10.1. The highest BCUT2D eigenvalue weighted by Gasteiger charge is 2.13. The zero-order valence-corrected chi connectivity index (χ0v) is 11.8. The summed E-state index contributed by atoms with van der Waals surface area (Å²) >= 11 is 0.923.